The van der Waals surface area contributed by atoms with E-state index in [0.29, 0.717) is 25.9 Å². The van der Waals surface area contributed by atoms with Crippen molar-refractivity contribution >= 4 is 35.7 Å². The molecule has 0 heterocycles. The molecule has 0 aliphatic rings. The van der Waals surface area contributed by atoms with Gasteiger partial charge in [0.1, 0.15) is 24.4 Å². The first-order valence-electron chi connectivity index (χ1n) is 56.1. The summed E-state index contributed by atoms with van der Waals surface area (Å²) in [7, 11) is 0. The Bertz CT molecular complexity index is 2160. The zero-order valence-electron chi connectivity index (χ0n) is 86.5. The third kappa shape index (κ3) is 81.5. The third-order valence-corrected chi connectivity index (χ3v) is 27.1. The molecular weight excluding hydrogens is 1560 g/mol. The predicted octanol–water partition coefficient (Wildman–Crippen LogP) is 32.9. The van der Waals surface area contributed by atoms with Gasteiger partial charge in [0.05, 0.1) is 10.8 Å². The van der Waals surface area contributed by atoms with Gasteiger partial charge in [0.25, 0.3) is 0 Å². The molecule has 0 aromatic heterocycles. The number of nitrogens with zero attached hydrogens (tertiary/aromatic N) is 2. The van der Waals surface area contributed by atoms with Crippen LogP contribution in [-0.2, 0) is 47.7 Å². The number of esters is 4. The molecule has 0 atom stereocenters. The lowest BCUT2D eigenvalue weighted by atomic mass is 9.86. The van der Waals surface area contributed by atoms with Crippen LogP contribution in [0.5, 0.6) is 0 Å². The average molecular weight is 1780 g/mol. The van der Waals surface area contributed by atoms with Gasteiger partial charge in [-0.05, 0) is 208 Å². The Morgan fingerprint density at radius 3 is 0.619 bits per heavy atom. The number of carbonyl (C=O) groups excluding carboxylic acids is 6. The molecule has 0 saturated carbocycles. The van der Waals surface area contributed by atoms with E-state index in [4.69, 9.17) is 18.9 Å². The van der Waals surface area contributed by atoms with Crippen LogP contribution in [0.4, 0.5) is 0 Å². The minimum Gasteiger partial charge on any atom is -0.462 e. The third-order valence-electron chi connectivity index (χ3n) is 27.1. The molecule has 14 heteroatoms. The Morgan fingerprint density at radius 1 is 0.214 bits per heavy atom. The first-order chi connectivity index (χ1) is 61.3. The lowest BCUT2D eigenvalue weighted by Crippen LogP contribution is -2.37. The van der Waals surface area contributed by atoms with Crippen molar-refractivity contribution < 1.29 is 47.7 Å². The van der Waals surface area contributed by atoms with Crippen molar-refractivity contribution in [1.82, 2.24) is 20.4 Å². The number of unbranched alkanes of at least 4 members (excludes halogenated alkanes) is 54. The molecule has 0 rings (SSSR count). The molecule has 0 radical (unpaired) electrons. The molecule has 0 saturated heterocycles. The molecule has 0 aliphatic carbocycles. The quantitative estimate of drug-likeness (QED) is 0.0336. The van der Waals surface area contributed by atoms with Crippen LogP contribution in [0.15, 0.2) is 0 Å². The van der Waals surface area contributed by atoms with Crippen LogP contribution >= 0.6 is 0 Å². The highest BCUT2D eigenvalue weighted by Crippen LogP contribution is 2.32. The number of rotatable bonds is 101. The molecular formula is C112H218N4O10. The van der Waals surface area contributed by atoms with Gasteiger partial charge in [0.2, 0.25) is 11.8 Å². The average Bonchev–Trinajstić information content (AvgIpc) is 0.875. The summed E-state index contributed by atoms with van der Waals surface area (Å²) in [4.78, 5) is 86.4. The summed E-state index contributed by atoms with van der Waals surface area (Å²) in [6.07, 6.45) is 89.4. The van der Waals surface area contributed by atoms with Gasteiger partial charge in [0.15, 0.2) is 0 Å². The molecule has 0 unspecified atom stereocenters. The molecule has 0 aromatic carbocycles. The van der Waals surface area contributed by atoms with Crippen LogP contribution in [0.1, 0.15) is 597 Å². The van der Waals surface area contributed by atoms with Crippen molar-refractivity contribution in [3.05, 3.63) is 0 Å². The second-order valence-electron chi connectivity index (χ2n) is 40.7. The Kier molecular flexibility index (Phi) is 89.8. The summed E-state index contributed by atoms with van der Waals surface area (Å²) in [6.45, 7) is 32.8. The molecule has 0 aromatic rings. The molecule has 126 heavy (non-hydrogen) atoms. The van der Waals surface area contributed by atoms with Crippen molar-refractivity contribution in [1.29, 1.82) is 0 Å². The van der Waals surface area contributed by atoms with E-state index in [-0.39, 0.29) is 72.9 Å². The fraction of sp³-hybridized carbons (Fsp3) is 0.946. The number of carbonyl (C=O) groups is 6. The van der Waals surface area contributed by atoms with Crippen molar-refractivity contribution in [2.45, 2.75) is 621 Å². The number of hydrogen-bond donors (Lipinski definition) is 2. The summed E-state index contributed by atoms with van der Waals surface area (Å²) >= 11 is 0. The van der Waals surface area contributed by atoms with E-state index in [9.17, 15) is 28.8 Å². The van der Waals surface area contributed by atoms with Gasteiger partial charge in [0, 0.05) is 51.9 Å². The van der Waals surface area contributed by atoms with Crippen LogP contribution < -0.4 is 10.6 Å². The van der Waals surface area contributed by atoms with Gasteiger partial charge >= 0.3 is 23.9 Å². The highest BCUT2D eigenvalue weighted by Gasteiger charge is 2.33. The van der Waals surface area contributed by atoms with E-state index in [1.807, 2.05) is 0 Å². The molecule has 0 aliphatic heterocycles. The van der Waals surface area contributed by atoms with E-state index >= 15 is 0 Å². The van der Waals surface area contributed by atoms with Gasteiger partial charge in [-0.1, -0.05) is 389 Å². The summed E-state index contributed by atoms with van der Waals surface area (Å²) in [5.74, 6) is -0.278. The molecule has 0 fully saturated rings. The molecule has 0 bridgehead atoms. The van der Waals surface area contributed by atoms with Crippen molar-refractivity contribution in [3.63, 3.8) is 0 Å². The molecule has 746 valence electrons. The SMILES string of the molecule is CCCCCCCCC(CCCCCCCC)OC(=O)CCCCCCCN(CCCCCCC(C)(C)C(=O)OC(CCCCCCCC)CCCCCCCC)CCNC(=O)CCC(=O)NCCN(CCCCCCCC(=O)OC(CCCCCCCC)CCCCCCCC)CCCCCCC(C)(C)C(=O)OC(CCCCCCCC)CCCCCCCC. The number of nitrogens with one attached hydrogen (secondary N) is 2. The maximum atomic E-state index is 13.9. The molecule has 2 N–H and O–H groups in total. The lowest BCUT2D eigenvalue weighted by Gasteiger charge is -2.27. The topological polar surface area (TPSA) is 170 Å². The van der Waals surface area contributed by atoms with Gasteiger partial charge < -0.3 is 39.4 Å². The zero-order valence-corrected chi connectivity index (χ0v) is 86.5. The Hall–Kier alpha value is -3.26. The highest BCUT2D eigenvalue weighted by atomic mass is 16.6. The summed E-state index contributed by atoms with van der Waals surface area (Å²) in [5.41, 5.74) is -1.04. The van der Waals surface area contributed by atoms with E-state index in [0.717, 1.165) is 270 Å². The van der Waals surface area contributed by atoms with Gasteiger partial charge in [-0.25, -0.2) is 0 Å². The molecule has 14 nitrogen and oxygen atoms in total. The monoisotopic (exact) mass is 1780 g/mol. The first-order valence-corrected chi connectivity index (χ1v) is 56.1. The summed E-state index contributed by atoms with van der Waals surface area (Å²) in [5, 5.41) is 6.37. The number of ether oxygens (including phenoxy) is 4. The van der Waals surface area contributed by atoms with Gasteiger partial charge in [-0.3, -0.25) is 28.8 Å². The van der Waals surface area contributed by atoms with Crippen LogP contribution in [0.2, 0.25) is 0 Å². The zero-order chi connectivity index (χ0) is 92.4. The number of hydrogen-bond acceptors (Lipinski definition) is 12. The van der Waals surface area contributed by atoms with Crippen molar-refractivity contribution in [3.8, 4) is 0 Å². The largest absolute Gasteiger partial charge is 0.462 e. The second kappa shape index (κ2) is 92.2. The normalized spacial score (nSPS) is 12.0. The highest BCUT2D eigenvalue weighted by molar-refractivity contribution is 5.83. The maximum absolute atomic E-state index is 13.9. The van der Waals surface area contributed by atoms with E-state index in [1.165, 1.54) is 257 Å². The maximum Gasteiger partial charge on any atom is 0.311 e. The van der Waals surface area contributed by atoms with Gasteiger partial charge in [-0.15, -0.1) is 0 Å². The van der Waals surface area contributed by atoms with Gasteiger partial charge in [-0.2, -0.15) is 0 Å². The fourth-order valence-corrected chi connectivity index (χ4v) is 18.1. The molecule has 0 spiro atoms. The Balaban J connectivity index is 6.01. The minimum absolute atomic E-state index is 0.0174. The van der Waals surface area contributed by atoms with E-state index in [1.54, 1.807) is 0 Å². The Labute approximate surface area is 783 Å². The lowest BCUT2D eigenvalue weighted by molar-refractivity contribution is -0.161. The van der Waals surface area contributed by atoms with Crippen molar-refractivity contribution in [2.75, 3.05) is 52.4 Å². The summed E-state index contributed by atoms with van der Waals surface area (Å²) < 4.78 is 25.2. The first kappa shape index (κ1) is 123. The second-order valence-corrected chi connectivity index (χ2v) is 40.7. The Morgan fingerprint density at radius 2 is 0.397 bits per heavy atom. The van der Waals surface area contributed by atoms with E-state index in [2.05, 4.69) is 104 Å². The van der Waals surface area contributed by atoms with Crippen molar-refractivity contribution in [2.24, 2.45) is 10.8 Å². The van der Waals surface area contributed by atoms with Crippen LogP contribution in [-0.4, -0.2) is 122 Å². The smallest absolute Gasteiger partial charge is 0.311 e. The van der Waals surface area contributed by atoms with Crippen LogP contribution in [0, 0.1) is 10.8 Å². The number of amides is 2. The minimum atomic E-state index is -0.520. The summed E-state index contributed by atoms with van der Waals surface area (Å²) in [6, 6.07) is 0. The predicted molar refractivity (Wildman–Crippen MR) is 541 cm³/mol. The standard InChI is InChI=1S/C112H218N4O10/c1-13-21-29-37-47-63-79-101(80-64-48-38-30-22-14-2)123-107(119)87-71-55-45-59-75-95-115(97-77-61-57-73-91-111(9,10)109(121)125-103(83-67-51-41-33-25-17-5)84-68-52-42-34-26-18-6)99-93-113-105(117)89-90-106(118)114-94-100-116(96-76-60-46-56-72-88-108(120)124-102(81-65-49-39-31-23-15-3)82-66-50-40-32-24-16-4)98-78-62-58-74-92-112(11,12)110(122)126-104(85-69-53-43-35-27-19-7)86-70-54-44-36-28-20-8/h101-104H,13-100H2,1-12H3,(H,113,117)(H,114,118). The van der Waals surface area contributed by atoms with Crippen LogP contribution in [0.25, 0.3) is 0 Å². The van der Waals surface area contributed by atoms with Crippen LogP contribution in [0.3, 0.4) is 0 Å². The fourth-order valence-electron chi connectivity index (χ4n) is 18.1. The van der Waals surface area contributed by atoms with E-state index < -0.39 is 10.8 Å². The molecule has 2 amide bonds.